The number of dihydropyridines is 1. The summed E-state index contributed by atoms with van der Waals surface area (Å²) < 4.78 is 0. The molecule has 1 nitrogen and oxygen atoms in total. The summed E-state index contributed by atoms with van der Waals surface area (Å²) in [6, 6.07) is 0. The quantitative estimate of drug-likeness (QED) is 0.486. The SMILES string of the molecule is CC1=C(C)C(C)(C)CN=C1. The van der Waals surface area contributed by atoms with Gasteiger partial charge in [0.1, 0.15) is 0 Å². The number of rotatable bonds is 0. The summed E-state index contributed by atoms with van der Waals surface area (Å²) in [6.07, 6.45) is 1.97. The number of hydrogen-bond donors (Lipinski definition) is 0. The first kappa shape index (κ1) is 7.52. The third kappa shape index (κ3) is 1.13. The Labute approximate surface area is 62.9 Å². The Balaban J connectivity index is 2.99. The molecule has 1 aliphatic rings. The zero-order valence-electron chi connectivity index (χ0n) is 7.23. The molecular formula is C9H15N. The molecule has 0 fully saturated rings. The lowest BCUT2D eigenvalue weighted by Crippen LogP contribution is -2.21. The monoisotopic (exact) mass is 137 g/mol. The van der Waals surface area contributed by atoms with Crippen LogP contribution in [-0.4, -0.2) is 12.8 Å². The van der Waals surface area contributed by atoms with Gasteiger partial charge >= 0.3 is 0 Å². The molecule has 56 valence electrons. The van der Waals surface area contributed by atoms with Gasteiger partial charge in [0.25, 0.3) is 0 Å². The molecule has 0 unspecified atom stereocenters. The zero-order chi connectivity index (χ0) is 7.78. The van der Waals surface area contributed by atoms with Gasteiger partial charge in [0.2, 0.25) is 0 Å². The van der Waals surface area contributed by atoms with E-state index < -0.39 is 0 Å². The Morgan fingerprint density at radius 1 is 1.40 bits per heavy atom. The molecule has 1 rings (SSSR count). The van der Waals surface area contributed by atoms with E-state index in [1.165, 1.54) is 11.1 Å². The van der Waals surface area contributed by atoms with Crippen LogP contribution in [-0.2, 0) is 0 Å². The molecule has 1 heteroatoms. The molecule has 1 aliphatic heterocycles. The molecule has 0 amide bonds. The van der Waals surface area contributed by atoms with E-state index in [4.69, 9.17) is 0 Å². The highest BCUT2D eigenvalue weighted by atomic mass is 14.7. The maximum absolute atomic E-state index is 4.28. The van der Waals surface area contributed by atoms with Gasteiger partial charge < -0.3 is 0 Å². The molecule has 0 spiro atoms. The number of allylic oxidation sites excluding steroid dienone is 1. The molecule has 0 aromatic carbocycles. The van der Waals surface area contributed by atoms with Crippen LogP contribution in [0.5, 0.6) is 0 Å². The molecule has 0 atom stereocenters. The van der Waals surface area contributed by atoms with Crippen molar-refractivity contribution < 1.29 is 0 Å². The lowest BCUT2D eigenvalue weighted by molar-refractivity contribution is 0.454. The van der Waals surface area contributed by atoms with Crippen LogP contribution in [0.1, 0.15) is 27.7 Å². The molecule has 0 aromatic heterocycles. The minimum atomic E-state index is 0.291. The van der Waals surface area contributed by atoms with Crippen molar-refractivity contribution >= 4 is 6.21 Å². The predicted molar refractivity (Wildman–Crippen MR) is 45.5 cm³/mol. The maximum Gasteiger partial charge on any atom is 0.0477 e. The second kappa shape index (κ2) is 2.22. The lowest BCUT2D eigenvalue weighted by atomic mass is 9.81. The summed E-state index contributed by atoms with van der Waals surface area (Å²) in [4.78, 5) is 4.28. The molecule has 10 heavy (non-hydrogen) atoms. The van der Waals surface area contributed by atoms with Crippen molar-refractivity contribution in [1.82, 2.24) is 0 Å². The average molecular weight is 137 g/mol. The second-order valence-electron chi connectivity index (χ2n) is 3.66. The molecule has 0 N–H and O–H groups in total. The van der Waals surface area contributed by atoms with Crippen molar-refractivity contribution in [3.05, 3.63) is 11.1 Å². The van der Waals surface area contributed by atoms with Crippen molar-refractivity contribution in [2.75, 3.05) is 6.54 Å². The molecule has 0 saturated carbocycles. The number of nitrogens with zero attached hydrogens (tertiary/aromatic N) is 1. The highest BCUT2D eigenvalue weighted by Crippen LogP contribution is 2.30. The Morgan fingerprint density at radius 2 is 2.00 bits per heavy atom. The van der Waals surface area contributed by atoms with Crippen LogP contribution in [0.2, 0.25) is 0 Å². The van der Waals surface area contributed by atoms with Crippen molar-refractivity contribution in [3.8, 4) is 0 Å². The molecule has 0 radical (unpaired) electrons. The Bertz CT molecular complexity index is 197. The minimum Gasteiger partial charge on any atom is -0.292 e. The van der Waals surface area contributed by atoms with E-state index in [1.54, 1.807) is 0 Å². The van der Waals surface area contributed by atoms with Crippen LogP contribution in [0.3, 0.4) is 0 Å². The maximum atomic E-state index is 4.28. The fourth-order valence-corrected chi connectivity index (χ4v) is 1.16. The highest BCUT2D eigenvalue weighted by Gasteiger charge is 2.22. The van der Waals surface area contributed by atoms with Crippen molar-refractivity contribution in [3.63, 3.8) is 0 Å². The van der Waals surface area contributed by atoms with Crippen molar-refractivity contribution in [2.45, 2.75) is 27.7 Å². The van der Waals surface area contributed by atoms with Gasteiger partial charge in [-0.15, -0.1) is 0 Å². The van der Waals surface area contributed by atoms with Gasteiger partial charge in [0, 0.05) is 18.2 Å². The molecule has 0 saturated heterocycles. The fourth-order valence-electron chi connectivity index (χ4n) is 1.16. The van der Waals surface area contributed by atoms with Crippen LogP contribution >= 0.6 is 0 Å². The Morgan fingerprint density at radius 3 is 2.40 bits per heavy atom. The molecule has 1 heterocycles. The van der Waals surface area contributed by atoms with Gasteiger partial charge in [-0.3, -0.25) is 4.99 Å². The third-order valence-corrected chi connectivity index (χ3v) is 2.38. The van der Waals surface area contributed by atoms with E-state index >= 15 is 0 Å². The van der Waals surface area contributed by atoms with E-state index in [2.05, 4.69) is 32.7 Å². The summed E-state index contributed by atoms with van der Waals surface area (Å²) in [6.45, 7) is 9.74. The van der Waals surface area contributed by atoms with E-state index in [0.717, 1.165) is 6.54 Å². The van der Waals surface area contributed by atoms with Crippen LogP contribution in [0.25, 0.3) is 0 Å². The first-order valence-electron chi connectivity index (χ1n) is 3.72. The van der Waals surface area contributed by atoms with Crippen LogP contribution in [0, 0.1) is 5.41 Å². The van der Waals surface area contributed by atoms with E-state index in [0.29, 0.717) is 5.41 Å². The topological polar surface area (TPSA) is 12.4 Å². The largest absolute Gasteiger partial charge is 0.292 e. The fraction of sp³-hybridized carbons (Fsp3) is 0.667. The minimum absolute atomic E-state index is 0.291. The van der Waals surface area contributed by atoms with E-state index in [9.17, 15) is 0 Å². The Kier molecular flexibility index (Phi) is 1.67. The van der Waals surface area contributed by atoms with Crippen molar-refractivity contribution in [2.24, 2.45) is 10.4 Å². The zero-order valence-corrected chi connectivity index (χ0v) is 7.23. The lowest BCUT2D eigenvalue weighted by Gasteiger charge is -2.27. The summed E-state index contributed by atoms with van der Waals surface area (Å²) in [5, 5.41) is 0. The Hall–Kier alpha value is -0.590. The van der Waals surface area contributed by atoms with Gasteiger partial charge in [-0.1, -0.05) is 19.4 Å². The van der Waals surface area contributed by atoms with Gasteiger partial charge in [-0.05, 0) is 19.4 Å². The second-order valence-corrected chi connectivity index (χ2v) is 3.66. The summed E-state index contributed by atoms with van der Waals surface area (Å²) in [7, 11) is 0. The standard InChI is InChI=1S/C9H15N/c1-7-5-10-6-9(3,4)8(7)2/h5H,6H2,1-4H3. The third-order valence-electron chi connectivity index (χ3n) is 2.38. The number of hydrogen-bond acceptors (Lipinski definition) is 1. The normalized spacial score (nSPS) is 23.6. The molecule has 0 aromatic rings. The first-order chi connectivity index (χ1) is 4.54. The molecule has 0 aliphatic carbocycles. The van der Waals surface area contributed by atoms with E-state index in [-0.39, 0.29) is 0 Å². The average Bonchev–Trinajstić information content (AvgIpc) is 1.83. The highest BCUT2D eigenvalue weighted by molar-refractivity contribution is 5.80. The summed E-state index contributed by atoms with van der Waals surface area (Å²) >= 11 is 0. The molecule has 0 bridgehead atoms. The smallest absolute Gasteiger partial charge is 0.0477 e. The summed E-state index contributed by atoms with van der Waals surface area (Å²) in [5.41, 5.74) is 3.09. The van der Waals surface area contributed by atoms with Crippen LogP contribution < -0.4 is 0 Å². The first-order valence-corrected chi connectivity index (χ1v) is 3.72. The summed E-state index contributed by atoms with van der Waals surface area (Å²) in [5.74, 6) is 0. The number of aliphatic imine (C=N–C) groups is 1. The van der Waals surface area contributed by atoms with Gasteiger partial charge in [0.15, 0.2) is 0 Å². The van der Waals surface area contributed by atoms with Gasteiger partial charge in [-0.25, -0.2) is 0 Å². The molecular weight excluding hydrogens is 122 g/mol. The van der Waals surface area contributed by atoms with Crippen LogP contribution in [0.15, 0.2) is 16.1 Å². The van der Waals surface area contributed by atoms with Gasteiger partial charge in [-0.2, -0.15) is 0 Å². The van der Waals surface area contributed by atoms with Crippen LogP contribution in [0.4, 0.5) is 0 Å². The van der Waals surface area contributed by atoms with Gasteiger partial charge in [0.05, 0.1) is 0 Å². The predicted octanol–water partition coefficient (Wildman–Crippen LogP) is 2.43. The van der Waals surface area contributed by atoms with Crippen molar-refractivity contribution in [1.29, 1.82) is 0 Å². The van der Waals surface area contributed by atoms with E-state index in [1.807, 2.05) is 6.21 Å².